The number of nitrogens with zero attached hydrogens (tertiary/aromatic N) is 2. The van der Waals surface area contributed by atoms with Crippen LogP contribution in [0.5, 0.6) is 0 Å². The molecule has 2 aromatic rings. The summed E-state index contributed by atoms with van der Waals surface area (Å²) < 4.78 is 0.959. The largest absolute Gasteiger partial charge is 0.477 e. The highest BCUT2D eigenvalue weighted by molar-refractivity contribution is 7.14. The summed E-state index contributed by atoms with van der Waals surface area (Å²) in [5, 5.41) is 19.6. The molecule has 2 N–H and O–H groups in total. The van der Waals surface area contributed by atoms with Crippen molar-refractivity contribution in [2.75, 3.05) is 0 Å². The molecule has 0 saturated heterocycles. The topological polar surface area (TPSA) is 135 Å². The summed E-state index contributed by atoms with van der Waals surface area (Å²) in [7, 11) is 0. The van der Waals surface area contributed by atoms with E-state index < -0.39 is 27.8 Å². The van der Waals surface area contributed by atoms with Crippen LogP contribution in [0.1, 0.15) is 20.1 Å². The molecule has 0 fully saturated rings. The number of thiophene rings is 1. The van der Waals surface area contributed by atoms with Gasteiger partial charge in [-0.2, -0.15) is 0 Å². The zero-order valence-corrected chi connectivity index (χ0v) is 11.5. The van der Waals surface area contributed by atoms with Crippen molar-refractivity contribution in [2.24, 2.45) is 0 Å². The molecule has 2 rings (SSSR count). The van der Waals surface area contributed by atoms with Gasteiger partial charge in [0.2, 0.25) is 0 Å². The molecular formula is C11H9N3O6S. The van der Waals surface area contributed by atoms with Gasteiger partial charge in [0, 0.05) is 4.88 Å². The summed E-state index contributed by atoms with van der Waals surface area (Å²) >= 11 is 1.04. The van der Waals surface area contributed by atoms with E-state index in [4.69, 9.17) is 5.11 Å². The molecular weight excluding hydrogens is 302 g/mol. The monoisotopic (exact) mass is 311 g/mol. The molecule has 0 aromatic carbocycles. The van der Waals surface area contributed by atoms with Crippen molar-refractivity contribution < 1.29 is 14.8 Å². The molecule has 110 valence electrons. The number of aromatic nitrogens is 2. The van der Waals surface area contributed by atoms with E-state index in [1.165, 1.54) is 6.07 Å². The number of H-pyrrole nitrogens is 1. The first-order valence-corrected chi connectivity index (χ1v) is 6.42. The lowest BCUT2D eigenvalue weighted by molar-refractivity contribution is -0.386. The SMILES string of the molecule is Cc1sc(C(=O)O)cc1Cn1cc([N+](=O)[O-])c(=O)[nH]c1=O. The second-order valence-electron chi connectivity index (χ2n) is 4.16. The van der Waals surface area contributed by atoms with Gasteiger partial charge >= 0.3 is 22.9 Å². The predicted molar refractivity (Wildman–Crippen MR) is 73.1 cm³/mol. The van der Waals surface area contributed by atoms with Crippen LogP contribution in [0, 0.1) is 17.0 Å². The Morgan fingerprint density at radius 1 is 1.52 bits per heavy atom. The third kappa shape index (κ3) is 2.89. The Bertz CT molecular complexity index is 846. The summed E-state index contributed by atoms with van der Waals surface area (Å²) in [4.78, 5) is 46.2. The summed E-state index contributed by atoms with van der Waals surface area (Å²) in [6, 6.07) is 1.39. The minimum Gasteiger partial charge on any atom is -0.477 e. The standard InChI is InChI=1S/C11H9N3O6S/c1-5-6(2-8(21-5)10(16)17)3-13-4-7(14(19)20)9(15)12-11(13)18/h2,4H,3H2,1H3,(H,16,17)(H,12,15,18). The van der Waals surface area contributed by atoms with E-state index in [0.717, 1.165) is 22.1 Å². The van der Waals surface area contributed by atoms with Gasteiger partial charge in [0.05, 0.1) is 17.7 Å². The van der Waals surface area contributed by atoms with Crippen LogP contribution < -0.4 is 11.2 Å². The summed E-state index contributed by atoms with van der Waals surface area (Å²) in [6.45, 7) is 1.61. The number of aromatic carboxylic acids is 1. The zero-order valence-electron chi connectivity index (χ0n) is 10.7. The first kappa shape index (κ1) is 14.7. The minimum absolute atomic E-state index is 0.0634. The summed E-state index contributed by atoms with van der Waals surface area (Å²) in [5.74, 6) is -1.09. The number of carboxylic acids is 1. The van der Waals surface area contributed by atoms with Crippen molar-refractivity contribution in [3.8, 4) is 0 Å². The Morgan fingerprint density at radius 3 is 2.71 bits per heavy atom. The third-order valence-corrected chi connectivity index (χ3v) is 3.84. The van der Waals surface area contributed by atoms with Gasteiger partial charge in [0.25, 0.3) is 0 Å². The quantitative estimate of drug-likeness (QED) is 0.625. The molecule has 0 bridgehead atoms. The van der Waals surface area contributed by atoms with Gasteiger partial charge < -0.3 is 5.11 Å². The molecule has 0 aliphatic carbocycles. The number of carbonyl (C=O) groups is 1. The second-order valence-corrected chi connectivity index (χ2v) is 5.41. The number of rotatable bonds is 4. The van der Waals surface area contributed by atoms with E-state index >= 15 is 0 Å². The molecule has 0 atom stereocenters. The average Bonchev–Trinajstić information content (AvgIpc) is 2.74. The Hall–Kier alpha value is -2.75. The maximum Gasteiger partial charge on any atom is 0.350 e. The molecule has 9 nitrogen and oxygen atoms in total. The van der Waals surface area contributed by atoms with Gasteiger partial charge in [-0.3, -0.25) is 24.5 Å². The molecule has 21 heavy (non-hydrogen) atoms. The van der Waals surface area contributed by atoms with E-state index in [-0.39, 0.29) is 11.4 Å². The Labute approximate surface area is 120 Å². The predicted octanol–water partition coefficient (Wildman–Crippen LogP) is 0.561. The van der Waals surface area contributed by atoms with E-state index in [1.54, 1.807) is 6.92 Å². The maximum absolute atomic E-state index is 11.6. The molecule has 2 heterocycles. The number of hydrogen-bond donors (Lipinski definition) is 2. The fourth-order valence-corrected chi connectivity index (χ4v) is 2.58. The van der Waals surface area contributed by atoms with Crippen LogP contribution in [0.15, 0.2) is 21.9 Å². The van der Waals surface area contributed by atoms with Crippen LogP contribution >= 0.6 is 11.3 Å². The maximum atomic E-state index is 11.6. The summed E-state index contributed by atoms with van der Waals surface area (Å²) in [5.41, 5.74) is -2.08. The highest BCUT2D eigenvalue weighted by Crippen LogP contribution is 2.22. The van der Waals surface area contributed by atoms with E-state index in [2.05, 4.69) is 0 Å². The number of hydrogen-bond acceptors (Lipinski definition) is 6. The second kappa shape index (κ2) is 5.32. The lowest BCUT2D eigenvalue weighted by Crippen LogP contribution is -2.31. The van der Waals surface area contributed by atoms with Crippen LogP contribution in [0.2, 0.25) is 0 Å². The molecule has 0 spiro atoms. The molecule has 0 saturated carbocycles. The Kier molecular flexibility index (Phi) is 3.72. The Morgan fingerprint density at radius 2 is 2.19 bits per heavy atom. The highest BCUT2D eigenvalue weighted by atomic mass is 32.1. The van der Waals surface area contributed by atoms with Gasteiger partial charge in [-0.05, 0) is 18.6 Å². The molecule has 0 aliphatic heterocycles. The van der Waals surface area contributed by atoms with Gasteiger partial charge in [0.15, 0.2) is 0 Å². The number of nitro groups is 1. The minimum atomic E-state index is -1.09. The molecule has 10 heteroatoms. The van der Waals surface area contributed by atoms with E-state index in [9.17, 15) is 24.5 Å². The van der Waals surface area contributed by atoms with Crippen molar-refractivity contribution in [2.45, 2.75) is 13.5 Å². The third-order valence-electron chi connectivity index (χ3n) is 2.76. The van der Waals surface area contributed by atoms with Crippen molar-refractivity contribution >= 4 is 23.0 Å². The molecule has 2 aromatic heterocycles. The number of nitrogens with one attached hydrogen (secondary N) is 1. The lowest BCUT2D eigenvalue weighted by Gasteiger charge is -2.03. The van der Waals surface area contributed by atoms with Crippen molar-refractivity contribution in [1.82, 2.24) is 9.55 Å². The Balaban J connectivity index is 2.47. The normalized spacial score (nSPS) is 10.5. The van der Waals surface area contributed by atoms with Crippen molar-refractivity contribution in [3.05, 3.63) is 58.5 Å². The molecule has 0 radical (unpaired) electrons. The van der Waals surface area contributed by atoms with Gasteiger partial charge in [-0.25, -0.2) is 9.59 Å². The van der Waals surface area contributed by atoms with Crippen molar-refractivity contribution in [3.63, 3.8) is 0 Å². The van der Waals surface area contributed by atoms with Crippen LogP contribution in [0.25, 0.3) is 0 Å². The van der Waals surface area contributed by atoms with Crippen LogP contribution in [0.4, 0.5) is 5.69 Å². The number of aryl methyl sites for hydroxylation is 1. The lowest BCUT2D eigenvalue weighted by atomic mass is 10.2. The zero-order chi connectivity index (χ0) is 15.7. The highest BCUT2D eigenvalue weighted by Gasteiger charge is 2.17. The smallest absolute Gasteiger partial charge is 0.350 e. The molecule has 0 aliphatic rings. The first-order valence-electron chi connectivity index (χ1n) is 5.60. The molecule has 0 unspecified atom stereocenters. The van der Waals surface area contributed by atoms with Gasteiger partial charge in [-0.1, -0.05) is 0 Å². The fourth-order valence-electron chi connectivity index (χ4n) is 1.71. The van der Waals surface area contributed by atoms with E-state index in [0.29, 0.717) is 10.4 Å². The van der Waals surface area contributed by atoms with Crippen LogP contribution in [-0.4, -0.2) is 25.6 Å². The van der Waals surface area contributed by atoms with E-state index in [1.807, 2.05) is 4.98 Å². The summed E-state index contributed by atoms with van der Waals surface area (Å²) in [6.07, 6.45) is 0.846. The first-order chi connectivity index (χ1) is 9.79. The van der Waals surface area contributed by atoms with Crippen LogP contribution in [0.3, 0.4) is 0 Å². The number of carboxylic acid groups (broad SMARTS) is 1. The van der Waals surface area contributed by atoms with Crippen LogP contribution in [-0.2, 0) is 6.54 Å². The average molecular weight is 311 g/mol. The number of aromatic amines is 1. The fraction of sp³-hybridized carbons (Fsp3) is 0.182. The van der Waals surface area contributed by atoms with Crippen molar-refractivity contribution in [1.29, 1.82) is 0 Å². The van der Waals surface area contributed by atoms with Gasteiger partial charge in [-0.15, -0.1) is 11.3 Å². The van der Waals surface area contributed by atoms with Gasteiger partial charge in [0.1, 0.15) is 4.88 Å². The molecule has 0 amide bonds.